The van der Waals surface area contributed by atoms with E-state index in [0.29, 0.717) is 17.9 Å². The third-order valence-electron chi connectivity index (χ3n) is 3.01. The third-order valence-corrected chi connectivity index (χ3v) is 3.01. The Morgan fingerprint density at radius 3 is 2.74 bits per heavy atom. The number of aryl methyl sites for hydroxylation is 1. The van der Waals surface area contributed by atoms with Gasteiger partial charge in [-0.05, 0) is 17.7 Å². The molecule has 3 rings (SSSR count). The van der Waals surface area contributed by atoms with Crippen molar-refractivity contribution in [3.05, 3.63) is 64.6 Å². The zero-order chi connectivity index (χ0) is 13.2. The van der Waals surface area contributed by atoms with Crippen LogP contribution in [-0.2, 0) is 13.7 Å². The molecule has 1 heterocycles. The number of hydrogen-bond acceptors (Lipinski definition) is 3. The molecular formula is C15H13NO3. The molecule has 0 spiro atoms. The molecule has 0 aliphatic carbocycles. The van der Waals surface area contributed by atoms with Gasteiger partial charge in [-0.15, -0.1) is 0 Å². The Bertz CT molecular complexity index is 756. The van der Waals surface area contributed by atoms with Gasteiger partial charge in [0.15, 0.2) is 5.58 Å². The van der Waals surface area contributed by atoms with Crippen molar-refractivity contribution < 1.29 is 9.15 Å². The topological polar surface area (TPSA) is 44.4 Å². The van der Waals surface area contributed by atoms with Crippen LogP contribution in [0, 0.1) is 0 Å². The van der Waals surface area contributed by atoms with Crippen LogP contribution in [0.15, 0.2) is 57.7 Å². The van der Waals surface area contributed by atoms with E-state index in [2.05, 4.69) is 0 Å². The van der Waals surface area contributed by atoms with Crippen molar-refractivity contribution in [2.24, 2.45) is 7.05 Å². The molecule has 0 saturated carbocycles. The minimum absolute atomic E-state index is 0.366. The van der Waals surface area contributed by atoms with Gasteiger partial charge in [0.2, 0.25) is 0 Å². The average molecular weight is 255 g/mol. The first-order valence-corrected chi connectivity index (χ1v) is 6.00. The molecule has 0 radical (unpaired) electrons. The largest absolute Gasteiger partial charge is 0.489 e. The fourth-order valence-electron chi connectivity index (χ4n) is 1.94. The molecule has 0 amide bonds. The van der Waals surface area contributed by atoms with Crippen LogP contribution in [0.2, 0.25) is 0 Å². The Morgan fingerprint density at radius 1 is 1.16 bits per heavy atom. The second-order valence-corrected chi connectivity index (χ2v) is 4.33. The summed E-state index contributed by atoms with van der Waals surface area (Å²) >= 11 is 0. The highest BCUT2D eigenvalue weighted by Crippen LogP contribution is 2.20. The van der Waals surface area contributed by atoms with Crippen molar-refractivity contribution in [3.63, 3.8) is 0 Å². The third kappa shape index (κ3) is 2.25. The van der Waals surface area contributed by atoms with Crippen LogP contribution in [0.25, 0.3) is 11.1 Å². The summed E-state index contributed by atoms with van der Waals surface area (Å²) in [7, 11) is 1.68. The van der Waals surface area contributed by atoms with E-state index in [-0.39, 0.29) is 5.76 Å². The molecule has 3 aromatic rings. The number of aromatic nitrogens is 1. The first kappa shape index (κ1) is 11.6. The summed E-state index contributed by atoms with van der Waals surface area (Å²) in [6.07, 6.45) is 0. The molecule has 0 saturated heterocycles. The zero-order valence-electron chi connectivity index (χ0n) is 10.5. The molecule has 0 unspecified atom stereocenters. The number of hydrogen-bond donors (Lipinski definition) is 0. The van der Waals surface area contributed by atoms with Gasteiger partial charge in [0.25, 0.3) is 0 Å². The molecule has 0 fully saturated rings. The second-order valence-electron chi connectivity index (χ2n) is 4.33. The minimum atomic E-state index is -0.366. The fourth-order valence-corrected chi connectivity index (χ4v) is 1.94. The van der Waals surface area contributed by atoms with Crippen molar-refractivity contribution in [2.45, 2.75) is 6.61 Å². The number of oxazole rings is 1. The van der Waals surface area contributed by atoms with E-state index in [1.807, 2.05) is 36.4 Å². The number of ether oxygens (including phenoxy) is 1. The van der Waals surface area contributed by atoms with Gasteiger partial charge < -0.3 is 9.15 Å². The lowest BCUT2D eigenvalue weighted by Gasteiger charge is -2.06. The lowest BCUT2D eigenvalue weighted by atomic mass is 10.2. The van der Waals surface area contributed by atoms with Gasteiger partial charge in [0.1, 0.15) is 12.4 Å². The Labute approximate surface area is 109 Å². The summed E-state index contributed by atoms with van der Waals surface area (Å²) in [5.41, 5.74) is 2.40. The summed E-state index contributed by atoms with van der Waals surface area (Å²) < 4.78 is 12.2. The van der Waals surface area contributed by atoms with Crippen LogP contribution >= 0.6 is 0 Å². The molecule has 0 N–H and O–H groups in total. The van der Waals surface area contributed by atoms with Gasteiger partial charge >= 0.3 is 5.76 Å². The Morgan fingerprint density at radius 2 is 1.95 bits per heavy atom. The number of fused-ring (bicyclic) bond motifs is 1. The van der Waals surface area contributed by atoms with Crippen LogP contribution < -0.4 is 10.5 Å². The summed E-state index contributed by atoms with van der Waals surface area (Å²) in [5.74, 6) is 0.350. The van der Waals surface area contributed by atoms with Crippen molar-refractivity contribution in [1.82, 2.24) is 4.57 Å². The van der Waals surface area contributed by atoms with Crippen LogP contribution in [0.5, 0.6) is 5.75 Å². The van der Waals surface area contributed by atoms with Gasteiger partial charge in [-0.1, -0.05) is 30.3 Å². The van der Waals surface area contributed by atoms with E-state index in [0.717, 1.165) is 11.1 Å². The zero-order valence-corrected chi connectivity index (χ0v) is 10.5. The van der Waals surface area contributed by atoms with Gasteiger partial charge in [-0.25, -0.2) is 4.79 Å². The van der Waals surface area contributed by atoms with Crippen molar-refractivity contribution in [2.75, 3.05) is 0 Å². The van der Waals surface area contributed by atoms with Crippen molar-refractivity contribution >= 4 is 11.1 Å². The van der Waals surface area contributed by atoms with Crippen LogP contribution in [-0.4, -0.2) is 4.57 Å². The SMILES string of the molecule is Cn1c(=O)oc2ccc(OCc3ccccc3)cc21. The molecule has 19 heavy (non-hydrogen) atoms. The van der Waals surface area contributed by atoms with E-state index in [1.54, 1.807) is 19.2 Å². The maximum absolute atomic E-state index is 11.4. The summed E-state index contributed by atoms with van der Waals surface area (Å²) in [5, 5.41) is 0. The van der Waals surface area contributed by atoms with Gasteiger partial charge in [-0.3, -0.25) is 4.57 Å². The monoisotopic (exact) mass is 255 g/mol. The molecule has 2 aromatic carbocycles. The number of nitrogens with zero attached hydrogens (tertiary/aromatic N) is 1. The standard InChI is InChI=1S/C15H13NO3/c1-16-13-9-12(7-8-14(13)19-15(16)17)18-10-11-5-3-2-4-6-11/h2-9H,10H2,1H3. The normalized spacial score (nSPS) is 10.8. The Kier molecular flexibility index (Phi) is 2.83. The molecule has 4 nitrogen and oxygen atoms in total. The van der Waals surface area contributed by atoms with Crippen LogP contribution in [0.3, 0.4) is 0 Å². The summed E-state index contributed by atoms with van der Waals surface area (Å²) in [6, 6.07) is 15.3. The average Bonchev–Trinajstić information content (AvgIpc) is 2.73. The predicted molar refractivity (Wildman–Crippen MR) is 72.2 cm³/mol. The number of benzene rings is 2. The number of rotatable bonds is 3. The predicted octanol–water partition coefficient (Wildman–Crippen LogP) is 2.71. The molecule has 4 heteroatoms. The summed E-state index contributed by atoms with van der Waals surface area (Å²) in [6.45, 7) is 0.498. The molecule has 1 aromatic heterocycles. The highest BCUT2D eigenvalue weighted by atomic mass is 16.5. The maximum Gasteiger partial charge on any atom is 0.419 e. The first-order chi connectivity index (χ1) is 9.24. The second kappa shape index (κ2) is 4.65. The van der Waals surface area contributed by atoms with Crippen LogP contribution in [0.1, 0.15) is 5.56 Å². The summed E-state index contributed by atoms with van der Waals surface area (Å²) in [4.78, 5) is 11.4. The van der Waals surface area contributed by atoms with Crippen molar-refractivity contribution in [1.29, 1.82) is 0 Å². The molecular weight excluding hydrogens is 242 g/mol. The van der Waals surface area contributed by atoms with E-state index in [9.17, 15) is 4.79 Å². The lowest BCUT2D eigenvalue weighted by Crippen LogP contribution is -2.08. The Balaban J connectivity index is 1.85. The molecule has 0 atom stereocenters. The maximum atomic E-state index is 11.4. The van der Waals surface area contributed by atoms with E-state index in [4.69, 9.17) is 9.15 Å². The fraction of sp³-hybridized carbons (Fsp3) is 0.133. The van der Waals surface area contributed by atoms with Crippen LogP contribution in [0.4, 0.5) is 0 Å². The minimum Gasteiger partial charge on any atom is -0.489 e. The van der Waals surface area contributed by atoms with E-state index in [1.165, 1.54) is 4.57 Å². The first-order valence-electron chi connectivity index (χ1n) is 6.00. The lowest BCUT2D eigenvalue weighted by molar-refractivity contribution is 0.306. The van der Waals surface area contributed by atoms with E-state index >= 15 is 0 Å². The van der Waals surface area contributed by atoms with Gasteiger partial charge in [0.05, 0.1) is 5.52 Å². The van der Waals surface area contributed by atoms with E-state index < -0.39 is 0 Å². The molecule has 0 bridgehead atoms. The van der Waals surface area contributed by atoms with Gasteiger partial charge in [-0.2, -0.15) is 0 Å². The molecule has 96 valence electrons. The quantitative estimate of drug-likeness (QED) is 0.722. The molecule has 0 aliphatic heterocycles. The molecule has 0 aliphatic rings. The highest BCUT2D eigenvalue weighted by molar-refractivity contribution is 5.74. The smallest absolute Gasteiger partial charge is 0.419 e. The Hall–Kier alpha value is -2.49. The van der Waals surface area contributed by atoms with Crippen molar-refractivity contribution in [3.8, 4) is 5.75 Å². The van der Waals surface area contributed by atoms with Gasteiger partial charge in [0, 0.05) is 13.1 Å². The highest BCUT2D eigenvalue weighted by Gasteiger charge is 2.06.